The van der Waals surface area contributed by atoms with Gasteiger partial charge in [-0.1, -0.05) is 15.9 Å². The van der Waals surface area contributed by atoms with E-state index in [4.69, 9.17) is 5.11 Å². The van der Waals surface area contributed by atoms with Gasteiger partial charge in [0.2, 0.25) is 0 Å². The Morgan fingerprint density at radius 1 is 1.36 bits per heavy atom. The molecule has 0 aromatic rings. The average Bonchev–Trinajstić information content (AvgIpc) is 2.16. The first-order chi connectivity index (χ1) is 6.72. The van der Waals surface area contributed by atoms with E-state index in [0.29, 0.717) is 0 Å². The SMILES string of the molecule is O=C(O)N[C@H]1CC[C@H](CCCBr)CC1. The maximum absolute atomic E-state index is 10.4. The number of amides is 1. The number of carbonyl (C=O) groups is 1. The topological polar surface area (TPSA) is 49.3 Å². The number of nitrogens with one attached hydrogen (secondary N) is 1. The van der Waals surface area contributed by atoms with Crippen molar-refractivity contribution in [2.24, 2.45) is 5.92 Å². The predicted molar refractivity (Wildman–Crippen MR) is 59.9 cm³/mol. The molecule has 1 fully saturated rings. The second-order valence-corrected chi connectivity index (χ2v) is 4.79. The third kappa shape index (κ3) is 4.31. The van der Waals surface area contributed by atoms with Crippen LogP contribution in [0.25, 0.3) is 0 Å². The molecule has 0 radical (unpaired) electrons. The van der Waals surface area contributed by atoms with E-state index >= 15 is 0 Å². The molecule has 1 rings (SSSR count). The van der Waals surface area contributed by atoms with Gasteiger partial charge in [0.25, 0.3) is 0 Å². The van der Waals surface area contributed by atoms with Crippen molar-refractivity contribution in [1.29, 1.82) is 0 Å². The normalized spacial score (nSPS) is 27.2. The third-order valence-corrected chi connectivity index (χ3v) is 3.48. The van der Waals surface area contributed by atoms with Gasteiger partial charge in [0.1, 0.15) is 0 Å². The highest BCUT2D eigenvalue weighted by Gasteiger charge is 2.21. The summed E-state index contributed by atoms with van der Waals surface area (Å²) in [5, 5.41) is 12.2. The van der Waals surface area contributed by atoms with Crippen LogP contribution in [-0.4, -0.2) is 22.6 Å². The van der Waals surface area contributed by atoms with Crippen LogP contribution in [0.15, 0.2) is 0 Å². The van der Waals surface area contributed by atoms with Crippen molar-refractivity contribution in [2.75, 3.05) is 5.33 Å². The Balaban J connectivity index is 2.14. The van der Waals surface area contributed by atoms with E-state index in [-0.39, 0.29) is 6.04 Å². The van der Waals surface area contributed by atoms with Gasteiger partial charge in [-0.25, -0.2) is 4.79 Å². The minimum absolute atomic E-state index is 0.202. The molecular formula is C10H18BrNO2. The van der Waals surface area contributed by atoms with E-state index in [1.807, 2.05) is 0 Å². The highest BCUT2D eigenvalue weighted by atomic mass is 79.9. The first-order valence-electron chi connectivity index (χ1n) is 5.27. The van der Waals surface area contributed by atoms with Crippen LogP contribution in [0.1, 0.15) is 38.5 Å². The summed E-state index contributed by atoms with van der Waals surface area (Å²) in [5.41, 5.74) is 0. The molecule has 1 aliphatic rings. The molecule has 0 heterocycles. The number of carboxylic acid groups (broad SMARTS) is 1. The van der Waals surface area contributed by atoms with Crippen molar-refractivity contribution < 1.29 is 9.90 Å². The van der Waals surface area contributed by atoms with E-state index in [1.54, 1.807) is 0 Å². The van der Waals surface area contributed by atoms with Crippen LogP contribution in [0.3, 0.4) is 0 Å². The molecule has 0 atom stereocenters. The summed E-state index contributed by atoms with van der Waals surface area (Å²) in [7, 11) is 0. The van der Waals surface area contributed by atoms with Crippen molar-refractivity contribution in [1.82, 2.24) is 5.32 Å². The molecule has 4 heteroatoms. The Bertz CT molecular complexity index is 179. The van der Waals surface area contributed by atoms with E-state index in [1.165, 1.54) is 25.7 Å². The lowest BCUT2D eigenvalue weighted by Crippen LogP contribution is -2.36. The van der Waals surface area contributed by atoms with Crippen LogP contribution in [0, 0.1) is 5.92 Å². The van der Waals surface area contributed by atoms with Gasteiger partial charge in [-0.05, 0) is 44.4 Å². The minimum atomic E-state index is -0.881. The van der Waals surface area contributed by atoms with Gasteiger partial charge in [-0.2, -0.15) is 0 Å². The molecule has 0 aliphatic heterocycles. The lowest BCUT2D eigenvalue weighted by molar-refractivity contribution is 0.181. The molecule has 1 saturated carbocycles. The maximum Gasteiger partial charge on any atom is 0.404 e. The van der Waals surface area contributed by atoms with Gasteiger partial charge in [0.05, 0.1) is 0 Å². The smallest absolute Gasteiger partial charge is 0.404 e. The predicted octanol–water partition coefficient (Wildman–Crippen LogP) is 2.99. The quantitative estimate of drug-likeness (QED) is 0.767. The molecule has 0 bridgehead atoms. The maximum atomic E-state index is 10.4. The van der Waals surface area contributed by atoms with E-state index in [2.05, 4.69) is 21.2 Å². The first kappa shape index (κ1) is 11.8. The number of hydrogen-bond donors (Lipinski definition) is 2. The molecule has 1 amide bonds. The summed E-state index contributed by atoms with van der Waals surface area (Å²) in [6.45, 7) is 0. The second kappa shape index (κ2) is 6.27. The van der Waals surface area contributed by atoms with Crippen LogP contribution in [-0.2, 0) is 0 Å². The monoisotopic (exact) mass is 263 g/mol. The zero-order chi connectivity index (χ0) is 10.4. The van der Waals surface area contributed by atoms with Gasteiger partial charge in [0, 0.05) is 11.4 Å². The van der Waals surface area contributed by atoms with Crippen molar-refractivity contribution >= 4 is 22.0 Å². The van der Waals surface area contributed by atoms with E-state index < -0.39 is 6.09 Å². The van der Waals surface area contributed by atoms with Crippen molar-refractivity contribution in [2.45, 2.75) is 44.6 Å². The van der Waals surface area contributed by atoms with Crippen LogP contribution in [0.2, 0.25) is 0 Å². The van der Waals surface area contributed by atoms with Crippen molar-refractivity contribution in [3.05, 3.63) is 0 Å². The summed E-state index contributed by atoms with van der Waals surface area (Å²) < 4.78 is 0. The molecule has 0 unspecified atom stereocenters. The van der Waals surface area contributed by atoms with Gasteiger partial charge >= 0.3 is 6.09 Å². The number of hydrogen-bond acceptors (Lipinski definition) is 1. The molecule has 14 heavy (non-hydrogen) atoms. The Hall–Kier alpha value is -0.250. The molecule has 2 N–H and O–H groups in total. The number of halogens is 1. The Kier molecular flexibility index (Phi) is 5.30. The molecule has 0 saturated heterocycles. The molecule has 0 spiro atoms. The van der Waals surface area contributed by atoms with E-state index in [9.17, 15) is 4.79 Å². The number of alkyl halides is 1. The summed E-state index contributed by atoms with van der Waals surface area (Å²) in [6, 6.07) is 0.202. The molecule has 1 aliphatic carbocycles. The highest BCUT2D eigenvalue weighted by molar-refractivity contribution is 9.09. The Labute approximate surface area is 93.4 Å². The van der Waals surface area contributed by atoms with Crippen molar-refractivity contribution in [3.8, 4) is 0 Å². The average molecular weight is 264 g/mol. The third-order valence-electron chi connectivity index (χ3n) is 2.92. The highest BCUT2D eigenvalue weighted by Crippen LogP contribution is 2.27. The molecule has 3 nitrogen and oxygen atoms in total. The van der Waals surface area contributed by atoms with Gasteiger partial charge in [-0.3, -0.25) is 0 Å². The zero-order valence-corrected chi connectivity index (χ0v) is 9.92. The van der Waals surface area contributed by atoms with Crippen LogP contribution < -0.4 is 5.32 Å². The summed E-state index contributed by atoms with van der Waals surface area (Å²) >= 11 is 3.43. The van der Waals surface area contributed by atoms with Crippen LogP contribution in [0.5, 0.6) is 0 Å². The Morgan fingerprint density at radius 3 is 2.50 bits per heavy atom. The first-order valence-corrected chi connectivity index (χ1v) is 6.40. The summed E-state index contributed by atoms with van der Waals surface area (Å²) in [5.74, 6) is 0.819. The fraction of sp³-hybridized carbons (Fsp3) is 0.900. The molecule has 82 valence electrons. The van der Waals surface area contributed by atoms with Crippen LogP contribution in [0.4, 0.5) is 4.79 Å². The molecular weight excluding hydrogens is 246 g/mol. The van der Waals surface area contributed by atoms with Crippen molar-refractivity contribution in [3.63, 3.8) is 0 Å². The number of rotatable bonds is 4. The lowest BCUT2D eigenvalue weighted by Gasteiger charge is -2.28. The fourth-order valence-electron chi connectivity index (χ4n) is 2.14. The molecule has 0 aromatic heterocycles. The summed E-state index contributed by atoms with van der Waals surface area (Å²) in [6.07, 6.45) is 6.02. The standard InChI is InChI=1S/C10H18BrNO2/c11-7-1-2-8-3-5-9(6-4-8)12-10(13)14/h8-9,12H,1-7H2,(H,13,14)/t8-,9-. The zero-order valence-electron chi connectivity index (χ0n) is 8.34. The van der Waals surface area contributed by atoms with Gasteiger partial charge < -0.3 is 10.4 Å². The minimum Gasteiger partial charge on any atom is -0.465 e. The summed E-state index contributed by atoms with van der Waals surface area (Å²) in [4.78, 5) is 10.4. The second-order valence-electron chi connectivity index (χ2n) is 4.00. The van der Waals surface area contributed by atoms with Gasteiger partial charge in [0.15, 0.2) is 0 Å². The Morgan fingerprint density at radius 2 is 2.00 bits per heavy atom. The van der Waals surface area contributed by atoms with E-state index in [0.717, 1.165) is 24.1 Å². The van der Waals surface area contributed by atoms with Gasteiger partial charge in [-0.15, -0.1) is 0 Å². The van der Waals surface area contributed by atoms with Crippen LogP contribution >= 0.6 is 15.9 Å². The molecule has 0 aromatic carbocycles. The lowest BCUT2D eigenvalue weighted by atomic mass is 9.83. The fourth-order valence-corrected chi connectivity index (χ4v) is 2.46. The largest absolute Gasteiger partial charge is 0.465 e.